The number of carbonyl (C=O) groups is 1. The molecule has 0 bridgehead atoms. The van der Waals surface area contributed by atoms with Gasteiger partial charge in [0.1, 0.15) is 7.85 Å². The van der Waals surface area contributed by atoms with E-state index in [4.69, 9.17) is 7.85 Å². The SMILES string of the molecule is CC.[B]c1ccccc1/C=C1\Cc2cc(F)c(F)cc2C1=O. The molecule has 0 unspecified atom stereocenters. The summed E-state index contributed by atoms with van der Waals surface area (Å²) in [5.74, 6) is -2.21. The van der Waals surface area contributed by atoms with E-state index < -0.39 is 11.6 Å². The van der Waals surface area contributed by atoms with Gasteiger partial charge in [0.2, 0.25) is 0 Å². The van der Waals surface area contributed by atoms with Crippen LogP contribution in [0.2, 0.25) is 0 Å². The highest BCUT2D eigenvalue weighted by Crippen LogP contribution is 2.29. The number of Topliss-reactive ketones (excluding diaryl/α,β-unsaturated/α-hetero) is 1. The minimum absolute atomic E-state index is 0.227. The highest BCUT2D eigenvalue weighted by atomic mass is 19.2. The van der Waals surface area contributed by atoms with Gasteiger partial charge < -0.3 is 0 Å². The molecule has 1 aliphatic carbocycles. The second kappa shape index (κ2) is 6.69. The molecule has 0 aliphatic heterocycles. The molecular weight excluding hydrogens is 281 g/mol. The lowest BCUT2D eigenvalue weighted by Crippen LogP contribution is -2.06. The van der Waals surface area contributed by atoms with Crippen LogP contribution in [-0.2, 0) is 6.42 Å². The number of hydrogen-bond donors (Lipinski definition) is 0. The molecule has 2 aromatic rings. The van der Waals surface area contributed by atoms with Gasteiger partial charge in [-0.05, 0) is 29.3 Å². The summed E-state index contributed by atoms with van der Waals surface area (Å²) in [4.78, 5) is 12.2. The first kappa shape index (κ1) is 16.2. The Morgan fingerprint density at radius 2 is 1.73 bits per heavy atom. The number of halogens is 2. The number of hydrogen-bond acceptors (Lipinski definition) is 1. The van der Waals surface area contributed by atoms with Crippen LogP contribution in [0, 0.1) is 11.6 Å². The number of benzene rings is 2. The maximum atomic E-state index is 13.2. The fraction of sp³-hybridized carbons (Fsp3) is 0.167. The van der Waals surface area contributed by atoms with Crippen molar-refractivity contribution in [2.75, 3.05) is 0 Å². The maximum Gasteiger partial charge on any atom is 0.189 e. The summed E-state index contributed by atoms with van der Waals surface area (Å²) in [6, 6.07) is 9.18. The first-order valence-electron chi connectivity index (χ1n) is 7.14. The summed E-state index contributed by atoms with van der Waals surface area (Å²) in [6.45, 7) is 4.00. The molecule has 1 nitrogen and oxygen atoms in total. The van der Waals surface area contributed by atoms with E-state index in [9.17, 15) is 13.6 Å². The molecule has 0 spiro atoms. The Morgan fingerprint density at radius 1 is 1.09 bits per heavy atom. The van der Waals surface area contributed by atoms with Gasteiger partial charge in [-0.1, -0.05) is 43.6 Å². The third-order valence-electron chi connectivity index (χ3n) is 3.39. The van der Waals surface area contributed by atoms with E-state index in [0.29, 0.717) is 23.0 Å². The zero-order chi connectivity index (χ0) is 16.3. The minimum Gasteiger partial charge on any atom is -0.289 e. The average molecular weight is 296 g/mol. The number of carbonyl (C=O) groups excluding carboxylic acids is 1. The number of ketones is 1. The maximum absolute atomic E-state index is 13.2. The van der Waals surface area contributed by atoms with Crippen molar-refractivity contribution >= 4 is 25.2 Å². The Kier molecular flexibility index (Phi) is 4.91. The first-order chi connectivity index (χ1) is 10.6. The molecule has 0 saturated heterocycles. The third kappa shape index (κ3) is 3.01. The quantitative estimate of drug-likeness (QED) is 0.580. The number of allylic oxidation sites excluding steroid dienone is 1. The van der Waals surface area contributed by atoms with Gasteiger partial charge in [-0.2, -0.15) is 0 Å². The Morgan fingerprint density at radius 3 is 2.41 bits per heavy atom. The van der Waals surface area contributed by atoms with Crippen LogP contribution in [0.1, 0.15) is 35.3 Å². The highest BCUT2D eigenvalue weighted by molar-refractivity contribution is 6.34. The summed E-state index contributed by atoms with van der Waals surface area (Å²) < 4.78 is 26.4. The van der Waals surface area contributed by atoms with Crippen molar-refractivity contribution in [1.29, 1.82) is 0 Å². The third-order valence-corrected chi connectivity index (χ3v) is 3.39. The monoisotopic (exact) mass is 296 g/mol. The van der Waals surface area contributed by atoms with Crippen molar-refractivity contribution in [1.82, 2.24) is 0 Å². The smallest absolute Gasteiger partial charge is 0.189 e. The van der Waals surface area contributed by atoms with Gasteiger partial charge in [-0.3, -0.25) is 4.79 Å². The van der Waals surface area contributed by atoms with Crippen molar-refractivity contribution in [2.45, 2.75) is 20.3 Å². The molecule has 3 rings (SSSR count). The first-order valence-corrected chi connectivity index (χ1v) is 7.14. The van der Waals surface area contributed by atoms with Gasteiger partial charge in [0, 0.05) is 17.6 Å². The highest BCUT2D eigenvalue weighted by Gasteiger charge is 2.26. The number of rotatable bonds is 1. The molecule has 0 heterocycles. The van der Waals surface area contributed by atoms with E-state index in [0.717, 1.165) is 17.7 Å². The van der Waals surface area contributed by atoms with Crippen molar-refractivity contribution in [2.24, 2.45) is 0 Å². The van der Waals surface area contributed by atoms with Crippen LogP contribution in [-0.4, -0.2) is 13.6 Å². The second-order valence-electron chi connectivity index (χ2n) is 4.73. The van der Waals surface area contributed by atoms with Gasteiger partial charge in [-0.15, -0.1) is 0 Å². The molecule has 2 aromatic carbocycles. The van der Waals surface area contributed by atoms with Crippen LogP contribution < -0.4 is 5.46 Å². The van der Waals surface area contributed by atoms with E-state index in [2.05, 4.69) is 0 Å². The molecule has 2 radical (unpaired) electrons. The van der Waals surface area contributed by atoms with Crippen LogP contribution >= 0.6 is 0 Å². The molecule has 22 heavy (non-hydrogen) atoms. The fourth-order valence-electron chi connectivity index (χ4n) is 2.35. The zero-order valence-electron chi connectivity index (χ0n) is 12.5. The molecule has 4 heteroatoms. The lowest BCUT2D eigenvalue weighted by atomic mass is 9.89. The lowest BCUT2D eigenvalue weighted by Gasteiger charge is -2.01. The molecule has 0 fully saturated rings. The van der Waals surface area contributed by atoms with Crippen molar-refractivity contribution in [3.05, 3.63) is 70.3 Å². The summed E-state index contributed by atoms with van der Waals surface area (Å²) >= 11 is 0. The summed E-state index contributed by atoms with van der Waals surface area (Å²) in [7, 11) is 5.82. The van der Waals surface area contributed by atoms with Crippen LogP contribution in [0.4, 0.5) is 8.78 Å². The molecule has 0 amide bonds. The van der Waals surface area contributed by atoms with Crippen molar-refractivity contribution in [3.63, 3.8) is 0 Å². The van der Waals surface area contributed by atoms with Crippen molar-refractivity contribution < 1.29 is 13.6 Å². The number of fused-ring (bicyclic) bond motifs is 1. The van der Waals surface area contributed by atoms with E-state index in [-0.39, 0.29) is 11.3 Å². The molecule has 110 valence electrons. The molecular formula is C18H15BF2O. The molecule has 0 aromatic heterocycles. The molecule has 1 aliphatic rings. The van der Waals surface area contributed by atoms with Gasteiger partial charge in [-0.25, -0.2) is 8.78 Å². The lowest BCUT2D eigenvalue weighted by molar-refractivity contribution is 0.104. The van der Waals surface area contributed by atoms with Gasteiger partial charge in [0.25, 0.3) is 0 Å². The predicted molar refractivity (Wildman–Crippen MR) is 85.5 cm³/mol. The van der Waals surface area contributed by atoms with E-state index in [1.807, 2.05) is 19.9 Å². The summed E-state index contributed by atoms with van der Waals surface area (Å²) in [6.07, 6.45) is 1.97. The normalized spacial score (nSPS) is 14.5. The molecule has 0 saturated carbocycles. The van der Waals surface area contributed by atoms with Gasteiger partial charge in [0.05, 0.1) is 0 Å². The average Bonchev–Trinajstić information content (AvgIpc) is 2.80. The van der Waals surface area contributed by atoms with Crippen LogP contribution in [0.25, 0.3) is 6.08 Å². The second-order valence-corrected chi connectivity index (χ2v) is 4.73. The van der Waals surface area contributed by atoms with Crippen molar-refractivity contribution in [3.8, 4) is 0 Å². The Balaban J connectivity index is 0.000000847. The Bertz CT molecular complexity index is 751. The van der Waals surface area contributed by atoms with Crippen LogP contribution in [0.15, 0.2) is 42.0 Å². The largest absolute Gasteiger partial charge is 0.289 e. The standard InChI is InChI=1S/C16H9BF2O.C2H6/c17-13-4-2-1-3-9(13)5-11-6-10-7-14(18)15(19)8-12(10)16(11)20;1-2/h1-5,7-8H,6H2;1-2H3/b11-5+;. The van der Waals surface area contributed by atoms with E-state index in [1.54, 1.807) is 24.3 Å². The zero-order valence-corrected chi connectivity index (χ0v) is 12.5. The van der Waals surface area contributed by atoms with E-state index in [1.165, 1.54) is 0 Å². The Hall–Kier alpha value is -2.23. The van der Waals surface area contributed by atoms with Gasteiger partial charge >= 0.3 is 0 Å². The molecule has 0 atom stereocenters. The molecule has 0 N–H and O–H groups in total. The van der Waals surface area contributed by atoms with Gasteiger partial charge in [0.15, 0.2) is 17.4 Å². The Labute approximate surface area is 130 Å². The minimum atomic E-state index is -1.00. The van der Waals surface area contributed by atoms with Crippen LogP contribution in [0.5, 0.6) is 0 Å². The topological polar surface area (TPSA) is 17.1 Å². The van der Waals surface area contributed by atoms with E-state index >= 15 is 0 Å². The predicted octanol–water partition coefficient (Wildman–Crippen LogP) is 3.61. The van der Waals surface area contributed by atoms with Crippen LogP contribution in [0.3, 0.4) is 0 Å². The fourth-order valence-corrected chi connectivity index (χ4v) is 2.35. The summed E-state index contributed by atoms with van der Waals surface area (Å²) in [5.41, 5.74) is 2.51. The summed E-state index contributed by atoms with van der Waals surface area (Å²) in [5, 5.41) is 0.